The molecule has 0 aliphatic heterocycles. The zero-order chi connectivity index (χ0) is 13.3. The fraction of sp³-hybridized carbons (Fsp3) is 0.583. The molecule has 1 aliphatic carbocycles. The number of aryl methyl sites for hydroxylation is 1. The number of pyridine rings is 1. The number of nitrogens with two attached hydrogens (primary N) is 1. The molecule has 0 radical (unpaired) electrons. The topological polar surface area (TPSA) is 42.2 Å². The van der Waals surface area contributed by atoms with Crippen molar-refractivity contribution in [3.63, 3.8) is 0 Å². The molecule has 18 heavy (non-hydrogen) atoms. The predicted octanol–water partition coefficient (Wildman–Crippen LogP) is 2.38. The van der Waals surface area contributed by atoms with Crippen molar-refractivity contribution in [1.82, 2.24) is 4.98 Å². The molecule has 6 heteroatoms. The van der Waals surface area contributed by atoms with Gasteiger partial charge in [0.15, 0.2) is 0 Å². The minimum absolute atomic E-state index is 0.0498. The van der Waals surface area contributed by atoms with Crippen molar-refractivity contribution in [3.05, 3.63) is 23.4 Å². The van der Waals surface area contributed by atoms with Crippen LogP contribution in [0.2, 0.25) is 0 Å². The van der Waals surface area contributed by atoms with Gasteiger partial charge in [-0.3, -0.25) is 0 Å². The Kier molecular flexibility index (Phi) is 3.47. The molecule has 0 amide bonds. The second kappa shape index (κ2) is 4.76. The summed E-state index contributed by atoms with van der Waals surface area (Å²) in [5.74, 6) is 0.386. The quantitative estimate of drug-likeness (QED) is 0.902. The third-order valence-corrected chi connectivity index (χ3v) is 3.08. The van der Waals surface area contributed by atoms with Crippen LogP contribution < -0.4 is 10.6 Å². The van der Waals surface area contributed by atoms with Gasteiger partial charge in [-0.05, 0) is 31.4 Å². The van der Waals surface area contributed by atoms with E-state index in [1.54, 1.807) is 6.07 Å². The summed E-state index contributed by atoms with van der Waals surface area (Å²) in [6, 6.07) is 1.72. The van der Waals surface area contributed by atoms with Crippen molar-refractivity contribution in [2.45, 2.75) is 38.5 Å². The first-order valence-electron chi connectivity index (χ1n) is 5.90. The smallest absolute Gasteiger partial charge is 0.344 e. The fourth-order valence-corrected chi connectivity index (χ4v) is 2.03. The maximum Gasteiger partial charge on any atom is 0.405 e. The van der Waals surface area contributed by atoms with Crippen molar-refractivity contribution in [3.8, 4) is 0 Å². The van der Waals surface area contributed by atoms with Gasteiger partial charge in [-0.15, -0.1) is 0 Å². The molecule has 2 rings (SSSR count). The molecule has 1 saturated carbocycles. The number of halogens is 3. The number of hydrogen-bond acceptors (Lipinski definition) is 3. The van der Waals surface area contributed by atoms with Gasteiger partial charge in [-0.1, -0.05) is 0 Å². The first-order chi connectivity index (χ1) is 8.42. The summed E-state index contributed by atoms with van der Waals surface area (Å²) in [5.41, 5.74) is 7.21. The van der Waals surface area contributed by atoms with Crippen molar-refractivity contribution in [2.75, 3.05) is 11.4 Å². The van der Waals surface area contributed by atoms with Crippen LogP contribution in [0.25, 0.3) is 0 Å². The van der Waals surface area contributed by atoms with E-state index in [4.69, 9.17) is 5.73 Å². The number of nitrogens with zero attached hydrogens (tertiary/aromatic N) is 2. The van der Waals surface area contributed by atoms with Crippen LogP contribution in [0.15, 0.2) is 12.3 Å². The Morgan fingerprint density at radius 3 is 2.61 bits per heavy atom. The van der Waals surface area contributed by atoms with Crippen molar-refractivity contribution in [2.24, 2.45) is 5.73 Å². The Hall–Kier alpha value is -1.30. The Bertz CT molecular complexity index is 427. The number of hydrogen-bond donors (Lipinski definition) is 1. The molecule has 0 aromatic carbocycles. The van der Waals surface area contributed by atoms with Crippen molar-refractivity contribution < 1.29 is 13.2 Å². The van der Waals surface area contributed by atoms with E-state index in [0.717, 1.165) is 18.4 Å². The highest BCUT2D eigenvalue weighted by Crippen LogP contribution is 2.35. The summed E-state index contributed by atoms with van der Waals surface area (Å²) in [4.78, 5) is 5.44. The molecule has 0 atom stereocenters. The van der Waals surface area contributed by atoms with Gasteiger partial charge in [-0.2, -0.15) is 13.2 Å². The van der Waals surface area contributed by atoms with Gasteiger partial charge in [0.2, 0.25) is 0 Å². The highest BCUT2D eigenvalue weighted by molar-refractivity contribution is 5.52. The lowest BCUT2D eigenvalue weighted by atomic mass is 10.1. The highest BCUT2D eigenvalue weighted by Gasteiger charge is 2.39. The number of anilines is 1. The monoisotopic (exact) mass is 259 g/mol. The third-order valence-electron chi connectivity index (χ3n) is 3.08. The molecule has 0 saturated heterocycles. The van der Waals surface area contributed by atoms with Gasteiger partial charge in [-0.25, -0.2) is 4.98 Å². The average Bonchev–Trinajstić information content (AvgIpc) is 3.08. The summed E-state index contributed by atoms with van der Waals surface area (Å²) in [6.45, 7) is 1.09. The van der Waals surface area contributed by atoms with Crippen LogP contribution in [0.4, 0.5) is 19.0 Å². The molecule has 1 aromatic rings. The first kappa shape index (κ1) is 13.1. The molecule has 0 bridgehead atoms. The van der Waals surface area contributed by atoms with Gasteiger partial charge in [0.1, 0.15) is 12.4 Å². The van der Waals surface area contributed by atoms with Gasteiger partial charge in [0.25, 0.3) is 0 Å². The number of aromatic nitrogens is 1. The second-order valence-corrected chi connectivity index (χ2v) is 4.61. The Morgan fingerprint density at radius 1 is 1.44 bits per heavy atom. The summed E-state index contributed by atoms with van der Waals surface area (Å²) >= 11 is 0. The molecule has 1 aromatic heterocycles. The molecule has 2 N–H and O–H groups in total. The van der Waals surface area contributed by atoms with E-state index < -0.39 is 12.7 Å². The molecular weight excluding hydrogens is 243 g/mol. The van der Waals surface area contributed by atoms with Gasteiger partial charge < -0.3 is 10.6 Å². The highest BCUT2D eigenvalue weighted by atomic mass is 19.4. The van der Waals surface area contributed by atoms with Crippen molar-refractivity contribution >= 4 is 5.82 Å². The summed E-state index contributed by atoms with van der Waals surface area (Å²) in [7, 11) is 0. The minimum Gasteiger partial charge on any atom is -0.344 e. The third kappa shape index (κ3) is 2.93. The van der Waals surface area contributed by atoms with E-state index in [0.29, 0.717) is 11.4 Å². The molecule has 100 valence electrons. The molecule has 3 nitrogen and oxygen atoms in total. The molecule has 1 fully saturated rings. The van der Waals surface area contributed by atoms with Gasteiger partial charge >= 0.3 is 6.18 Å². The zero-order valence-electron chi connectivity index (χ0n) is 10.2. The van der Waals surface area contributed by atoms with E-state index in [2.05, 4.69) is 4.98 Å². The Balaban J connectivity index is 2.33. The van der Waals surface area contributed by atoms with Gasteiger partial charge in [0, 0.05) is 24.3 Å². The minimum atomic E-state index is -4.22. The molecule has 1 heterocycles. The lowest BCUT2D eigenvalue weighted by Gasteiger charge is -2.27. The summed E-state index contributed by atoms with van der Waals surface area (Å²) in [6.07, 6.45) is -1.11. The first-order valence-corrected chi connectivity index (χ1v) is 5.90. The van der Waals surface area contributed by atoms with Crippen LogP contribution in [-0.4, -0.2) is 23.7 Å². The summed E-state index contributed by atoms with van der Waals surface area (Å²) < 4.78 is 37.8. The maximum absolute atomic E-state index is 12.6. The molecular formula is C12H16F3N3. The normalized spacial score (nSPS) is 15.8. The SMILES string of the molecule is Cc1ccnc(N(CC(F)(F)F)C2CC2)c1CN. The van der Waals surface area contributed by atoms with E-state index in [1.807, 2.05) is 6.92 Å². The maximum atomic E-state index is 12.6. The van der Waals surface area contributed by atoms with Crippen LogP contribution >= 0.6 is 0 Å². The van der Waals surface area contributed by atoms with Crippen LogP contribution in [0.3, 0.4) is 0 Å². The molecule has 1 aliphatic rings. The second-order valence-electron chi connectivity index (χ2n) is 4.61. The fourth-order valence-electron chi connectivity index (χ4n) is 2.03. The van der Waals surface area contributed by atoms with E-state index in [9.17, 15) is 13.2 Å². The van der Waals surface area contributed by atoms with Gasteiger partial charge in [0.05, 0.1) is 0 Å². The molecule has 0 unspecified atom stereocenters. The number of rotatable bonds is 4. The van der Waals surface area contributed by atoms with Crippen LogP contribution in [0.5, 0.6) is 0 Å². The average molecular weight is 259 g/mol. The van der Waals surface area contributed by atoms with E-state index in [-0.39, 0.29) is 12.6 Å². The largest absolute Gasteiger partial charge is 0.405 e. The standard InChI is InChI=1S/C12H16F3N3/c1-8-4-5-17-11(10(8)6-16)18(9-2-3-9)7-12(13,14)15/h4-5,9H,2-3,6-7,16H2,1H3. The summed E-state index contributed by atoms with van der Waals surface area (Å²) in [5, 5.41) is 0. The van der Waals surface area contributed by atoms with Crippen LogP contribution in [0.1, 0.15) is 24.0 Å². The number of alkyl halides is 3. The van der Waals surface area contributed by atoms with Crippen molar-refractivity contribution in [1.29, 1.82) is 0 Å². The van der Waals surface area contributed by atoms with Crippen LogP contribution in [0, 0.1) is 6.92 Å². The Labute approximate surface area is 104 Å². The Morgan fingerprint density at radius 2 is 2.11 bits per heavy atom. The lowest BCUT2D eigenvalue weighted by Crippen LogP contribution is -2.37. The zero-order valence-corrected chi connectivity index (χ0v) is 10.2. The van der Waals surface area contributed by atoms with Crippen LogP contribution in [-0.2, 0) is 6.54 Å². The molecule has 0 spiro atoms. The predicted molar refractivity (Wildman–Crippen MR) is 63.3 cm³/mol. The van der Waals surface area contributed by atoms with E-state index in [1.165, 1.54) is 11.1 Å². The lowest BCUT2D eigenvalue weighted by molar-refractivity contribution is -0.120. The van der Waals surface area contributed by atoms with E-state index >= 15 is 0 Å².